The maximum Gasteiger partial charge on any atom is 0.237 e. The number of hydrogen-bond acceptors (Lipinski definition) is 6. The number of amides is 1. The summed E-state index contributed by atoms with van der Waals surface area (Å²) in [5.74, 6) is 1.28. The number of fused-ring (bicyclic) bond motifs is 1. The number of thioether (sulfide) groups is 1. The van der Waals surface area contributed by atoms with Crippen LogP contribution in [0.4, 0.5) is 11.5 Å². The van der Waals surface area contributed by atoms with Gasteiger partial charge in [-0.05, 0) is 50.6 Å². The average Bonchev–Trinajstić information content (AvgIpc) is 2.68. The largest absolute Gasteiger partial charge is 0.495 e. The van der Waals surface area contributed by atoms with E-state index < -0.39 is 0 Å². The predicted molar refractivity (Wildman–Crippen MR) is 115 cm³/mol. The first-order valence-corrected chi connectivity index (χ1v) is 10.0. The summed E-state index contributed by atoms with van der Waals surface area (Å²) in [5.41, 5.74) is 2.56. The van der Waals surface area contributed by atoms with E-state index in [1.807, 2.05) is 63.2 Å². The highest BCUT2D eigenvalue weighted by Crippen LogP contribution is 2.29. The van der Waals surface area contributed by atoms with Gasteiger partial charge >= 0.3 is 0 Å². The van der Waals surface area contributed by atoms with E-state index in [-0.39, 0.29) is 11.2 Å². The van der Waals surface area contributed by atoms with Crippen LogP contribution in [-0.4, -0.2) is 34.8 Å². The molecular weight excluding hydrogens is 372 g/mol. The van der Waals surface area contributed by atoms with Crippen LogP contribution < -0.4 is 15.4 Å². The van der Waals surface area contributed by atoms with Gasteiger partial charge in [0.15, 0.2) is 5.16 Å². The summed E-state index contributed by atoms with van der Waals surface area (Å²) in [6.45, 7) is 6.59. The van der Waals surface area contributed by atoms with Gasteiger partial charge in [0.05, 0.1) is 23.6 Å². The second kappa shape index (κ2) is 8.93. The van der Waals surface area contributed by atoms with Gasteiger partial charge in [-0.2, -0.15) is 0 Å². The lowest BCUT2D eigenvalue weighted by atomic mass is 10.2. The van der Waals surface area contributed by atoms with Crippen LogP contribution in [-0.2, 0) is 4.79 Å². The molecular formula is C21H24N4O2S. The molecule has 0 spiro atoms. The summed E-state index contributed by atoms with van der Waals surface area (Å²) >= 11 is 1.33. The Labute approximate surface area is 169 Å². The number of anilines is 2. The average molecular weight is 397 g/mol. The fourth-order valence-corrected chi connectivity index (χ4v) is 3.55. The summed E-state index contributed by atoms with van der Waals surface area (Å²) < 4.78 is 5.34. The molecule has 0 aliphatic heterocycles. The fourth-order valence-electron chi connectivity index (χ4n) is 2.78. The number of ether oxygens (including phenoxy) is 1. The smallest absolute Gasteiger partial charge is 0.237 e. The van der Waals surface area contributed by atoms with E-state index >= 15 is 0 Å². The van der Waals surface area contributed by atoms with Crippen molar-refractivity contribution in [3.63, 3.8) is 0 Å². The number of methoxy groups -OCH3 is 1. The van der Waals surface area contributed by atoms with E-state index in [1.165, 1.54) is 11.8 Å². The Kier molecular flexibility index (Phi) is 6.36. The lowest BCUT2D eigenvalue weighted by Gasteiger charge is -2.15. The molecule has 0 aliphatic rings. The molecule has 1 aromatic heterocycles. The predicted octanol–water partition coefficient (Wildman–Crippen LogP) is 4.50. The molecule has 1 atom stereocenters. The number of hydrogen-bond donors (Lipinski definition) is 2. The minimum Gasteiger partial charge on any atom is -0.495 e. The van der Waals surface area contributed by atoms with Gasteiger partial charge in [0, 0.05) is 11.9 Å². The van der Waals surface area contributed by atoms with Gasteiger partial charge in [-0.15, -0.1) is 0 Å². The van der Waals surface area contributed by atoms with Crippen molar-refractivity contribution in [1.82, 2.24) is 9.97 Å². The maximum absolute atomic E-state index is 12.7. The molecule has 3 aromatic rings. The second-order valence-electron chi connectivity index (χ2n) is 6.36. The molecule has 0 saturated carbocycles. The lowest BCUT2D eigenvalue weighted by Crippen LogP contribution is -2.23. The molecule has 146 valence electrons. The summed E-state index contributed by atoms with van der Waals surface area (Å²) in [6, 6.07) is 13.5. The Morgan fingerprint density at radius 1 is 1.21 bits per heavy atom. The first-order valence-electron chi connectivity index (χ1n) is 9.14. The summed E-state index contributed by atoms with van der Waals surface area (Å²) in [7, 11) is 1.59. The quantitative estimate of drug-likeness (QED) is 0.452. The zero-order chi connectivity index (χ0) is 20.1. The highest BCUT2D eigenvalue weighted by atomic mass is 32.2. The van der Waals surface area contributed by atoms with Crippen molar-refractivity contribution >= 4 is 40.1 Å². The molecule has 0 radical (unpaired) electrons. The van der Waals surface area contributed by atoms with Gasteiger partial charge < -0.3 is 15.4 Å². The number of para-hydroxylation sites is 1. The van der Waals surface area contributed by atoms with Crippen molar-refractivity contribution in [2.24, 2.45) is 0 Å². The van der Waals surface area contributed by atoms with Gasteiger partial charge in [-0.1, -0.05) is 30.0 Å². The third kappa shape index (κ3) is 4.54. The van der Waals surface area contributed by atoms with Crippen molar-refractivity contribution in [1.29, 1.82) is 0 Å². The van der Waals surface area contributed by atoms with Crippen LogP contribution in [0.15, 0.2) is 47.6 Å². The highest BCUT2D eigenvalue weighted by Gasteiger charge is 2.19. The lowest BCUT2D eigenvalue weighted by molar-refractivity contribution is -0.115. The number of rotatable bonds is 7. The van der Waals surface area contributed by atoms with E-state index in [2.05, 4.69) is 20.6 Å². The van der Waals surface area contributed by atoms with E-state index in [9.17, 15) is 4.79 Å². The van der Waals surface area contributed by atoms with Gasteiger partial charge in [0.1, 0.15) is 11.6 Å². The number of nitrogens with zero attached hydrogens (tertiary/aromatic N) is 2. The number of nitrogens with one attached hydrogen (secondary N) is 2. The minimum absolute atomic E-state index is 0.129. The van der Waals surface area contributed by atoms with Crippen LogP contribution in [0, 0.1) is 6.92 Å². The monoisotopic (exact) mass is 396 g/mol. The molecule has 2 aromatic carbocycles. The molecule has 1 unspecified atom stereocenters. The number of carbonyl (C=O) groups is 1. The minimum atomic E-state index is -0.374. The van der Waals surface area contributed by atoms with Crippen molar-refractivity contribution in [2.45, 2.75) is 31.2 Å². The summed E-state index contributed by atoms with van der Waals surface area (Å²) in [6.07, 6.45) is 0. The van der Waals surface area contributed by atoms with E-state index in [0.29, 0.717) is 16.6 Å². The molecule has 6 nitrogen and oxygen atoms in total. The van der Waals surface area contributed by atoms with Gasteiger partial charge in [-0.3, -0.25) is 4.79 Å². The van der Waals surface area contributed by atoms with Crippen LogP contribution in [0.3, 0.4) is 0 Å². The third-order valence-electron chi connectivity index (χ3n) is 4.19. The molecule has 0 bridgehead atoms. The van der Waals surface area contributed by atoms with E-state index in [0.717, 1.165) is 28.8 Å². The Balaban J connectivity index is 1.80. The Morgan fingerprint density at radius 2 is 2.00 bits per heavy atom. The van der Waals surface area contributed by atoms with Gasteiger partial charge in [0.2, 0.25) is 5.91 Å². The van der Waals surface area contributed by atoms with Gasteiger partial charge in [0.25, 0.3) is 0 Å². The molecule has 2 N–H and O–H groups in total. The van der Waals surface area contributed by atoms with Crippen LogP contribution in [0.25, 0.3) is 10.9 Å². The van der Waals surface area contributed by atoms with Crippen molar-refractivity contribution in [3.8, 4) is 5.75 Å². The topological polar surface area (TPSA) is 76.1 Å². The zero-order valence-electron chi connectivity index (χ0n) is 16.4. The van der Waals surface area contributed by atoms with Crippen molar-refractivity contribution in [2.75, 3.05) is 24.3 Å². The van der Waals surface area contributed by atoms with Crippen LogP contribution >= 0.6 is 11.8 Å². The maximum atomic E-state index is 12.7. The Hall–Kier alpha value is -2.80. The summed E-state index contributed by atoms with van der Waals surface area (Å²) in [5, 5.41) is 7.37. The molecule has 3 rings (SSSR count). The fraction of sp³-hybridized carbons (Fsp3) is 0.286. The Bertz CT molecular complexity index is 993. The Morgan fingerprint density at radius 3 is 2.75 bits per heavy atom. The molecule has 0 saturated heterocycles. The summed E-state index contributed by atoms with van der Waals surface area (Å²) in [4.78, 5) is 21.9. The van der Waals surface area contributed by atoms with Crippen LogP contribution in [0.1, 0.15) is 19.4 Å². The zero-order valence-corrected chi connectivity index (χ0v) is 17.3. The third-order valence-corrected chi connectivity index (χ3v) is 5.15. The van der Waals surface area contributed by atoms with E-state index in [4.69, 9.17) is 4.74 Å². The molecule has 28 heavy (non-hydrogen) atoms. The van der Waals surface area contributed by atoms with Crippen molar-refractivity contribution < 1.29 is 9.53 Å². The molecule has 1 amide bonds. The SMILES string of the molecule is CCNc1nc(SC(C)C(=O)Nc2cc(C)ccc2OC)nc2ccccc12. The van der Waals surface area contributed by atoms with Crippen LogP contribution in [0.5, 0.6) is 5.75 Å². The first kappa shape index (κ1) is 19.9. The van der Waals surface area contributed by atoms with Crippen molar-refractivity contribution in [3.05, 3.63) is 48.0 Å². The standard InChI is InChI=1S/C21H24N4O2S/c1-5-22-19-15-8-6-7-9-16(15)24-21(25-19)28-14(3)20(26)23-17-12-13(2)10-11-18(17)27-4/h6-12,14H,5H2,1-4H3,(H,23,26)(H,22,24,25). The number of benzene rings is 2. The molecule has 0 aliphatic carbocycles. The molecule has 1 heterocycles. The van der Waals surface area contributed by atoms with Gasteiger partial charge in [-0.25, -0.2) is 9.97 Å². The van der Waals surface area contributed by atoms with Crippen LogP contribution in [0.2, 0.25) is 0 Å². The number of aryl methyl sites for hydroxylation is 1. The number of aromatic nitrogens is 2. The van der Waals surface area contributed by atoms with E-state index in [1.54, 1.807) is 7.11 Å². The second-order valence-corrected chi connectivity index (χ2v) is 7.66. The molecule has 7 heteroatoms. The first-order chi connectivity index (χ1) is 13.5. The highest BCUT2D eigenvalue weighted by molar-refractivity contribution is 8.00. The molecule has 0 fully saturated rings. The number of carbonyl (C=O) groups excluding carboxylic acids is 1. The normalized spacial score (nSPS) is 11.9.